The van der Waals surface area contributed by atoms with E-state index in [1.165, 1.54) is 38.8 Å². The Morgan fingerprint density at radius 3 is 2.57 bits per heavy atom. The summed E-state index contributed by atoms with van der Waals surface area (Å²) in [5.74, 6) is 2.47. The van der Waals surface area contributed by atoms with E-state index in [2.05, 4.69) is 48.3 Å². The molecule has 1 saturated heterocycles. The summed E-state index contributed by atoms with van der Waals surface area (Å²) >= 11 is 0. The largest absolute Gasteiger partial charge is 0.356 e. The zero-order chi connectivity index (χ0) is 15.0. The predicted octanol–water partition coefficient (Wildman–Crippen LogP) is 2.94. The lowest BCUT2D eigenvalue weighted by Crippen LogP contribution is -2.46. The van der Waals surface area contributed by atoms with Gasteiger partial charge in [-0.25, -0.2) is 0 Å². The first-order chi connectivity index (χ1) is 9.51. The highest BCUT2D eigenvalue weighted by Gasteiger charge is 2.17. The van der Waals surface area contributed by atoms with E-state index in [4.69, 9.17) is 0 Å². The lowest BCUT2D eigenvalue weighted by Gasteiger charge is -2.30. The van der Waals surface area contributed by atoms with Gasteiger partial charge < -0.3 is 15.5 Å². The quantitative estimate of drug-likeness (QED) is 0.402. The molecule has 21 heavy (non-hydrogen) atoms. The fourth-order valence-corrected chi connectivity index (χ4v) is 2.76. The highest BCUT2D eigenvalue weighted by atomic mass is 127. The predicted molar refractivity (Wildman–Crippen MR) is 104 cm³/mol. The number of nitrogens with one attached hydrogen (secondary N) is 2. The monoisotopic (exact) mass is 410 g/mol. The third-order valence-electron chi connectivity index (χ3n) is 4.06. The van der Waals surface area contributed by atoms with Crippen molar-refractivity contribution in [3.63, 3.8) is 0 Å². The number of guanidine groups is 1. The van der Waals surface area contributed by atoms with Crippen molar-refractivity contribution in [1.29, 1.82) is 0 Å². The average Bonchev–Trinajstić information content (AvgIpc) is 2.41. The molecule has 5 heteroatoms. The highest BCUT2D eigenvalue weighted by molar-refractivity contribution is 14.0. The molecule has 1 rings (SSSR count). The smallest absolute Gasteiger partial charge is 0.191 e. The van der Waals surface area contributed by atoms with Crippen molar-refractivity contribution in [2.75, 3.05) is 33.7 Å². The summed E-state index contributed by atoms with van der Waals surface area (Å²) in [6.45, 7) is 10.3. The van der Waals surface area contributed by atoms with E-state index in [0.29, 0.717) is 6.04 Å². The second-order valence-electron chi connectivity index (χ2n) is 6.74. The molecular weight excluding hydrogens is 375 g/mol. The van der Waals surface area contributed by atoms with Gasteiger partial charge in [-0.1, -0.05) is 13.8 Å². The normalized spacial score (nSPS) is 21.8. The second kappa shape index (κ2) is 11.5. The van der Waals surface area contributed by atoms with Crippen LogP contribution in [0.2, 0.25) is 0 Å². The zero-order valence-electron chi connectivity index (χ0n) is 14.5. The van der Waals surface area contributed by atoms with Crippen molar-refractivity contribution in [2.24, 2.45) is 16.8 Å². The van der Waals surface area contributed by atoms with Gasteiger partial charge in [-0.05, 0) is 58.0 Å². The zero-order valence-corrected chi connectivity index (χ0v) is 16.8. The van der Waals surface area contributed by atoms with Crippen LogP contribution in [0.15, 0.2) is 4.99 Å². The van der Waals surface area contributed by atoms with Crippen molar-refractivity contribution in [1.82, 2.24) is 15.5 Å². The maximum Gasteiger partial charge on any atom is 0.191 e. The number of hydrogen-bond donors (Lipinski definition) is 2. The van der Waals surface area contributed by atoms with Gasteiger partial charge in [-0.15, -0.1) is 24.0 Å². The molecule has 2 unspecified atom stereocenters. The van der Waals surface area contributed by atoms with Gasteiger partial charge in [0.15, 0.2) is 5.96 Å². The first-order valence-electron chi connectivity index (χ1n) is 8.17. The Bertz CT molecular complexity index is 294. The van der Waals surface area contributed by atoms with E-state index in [0.717, 1.165) is 24.3 Å². The summed E-state index contributed by atoms with van der Waals surface area (Å²) in [6, 6.07) is 0.484. The molecule has 0 spiro atoms. The van der Waals surface area contributed by atoms with Gasteiger partial charge >= 0.3 is 0 Å². The number of halogens is 1. The van der Waals surface area contributed by atoms with Crippen LogP contribution in [0.1, 0.15) is 46.5 Å². The Labute approximate surface area is 148 Å². The molecule has 0 aliphatic carbocycles. The van der Waals surface area contributed by atoms with E-state index in [9.17, 15) is 0 Å². The molecular formula is C16H35IN4. The number of hydrogen-bond acceptors (Lipinski definition) is 2. The van der Waals surface area contributed by atoms with Crippen LogP contribution < -0.4 is 10.6 Å². The van der Waals surface area contributed by atoms with Crippen LogP contribution >= 0.6 is 24.0 Å². The molecule has 0 aromatic carbocycles. The second-order valence-corrected chi connectivity index (χ2v) is 6.74. The topological polar surface area (TPSA) is 39.7 Å². The van der Waals surface area contributed by atoms with E-state index in [1.54, 1.807) is 0 Å². The van der Waals surface area contributed by atoms with Crippen molar-refractivity contribution in [3.8, 4) is 0 Å². The summed E-state index contributed by atoms with van der Waals surface area (Å²) < 4.78 is 0. The first kappa shape index (κ1) is 21.0. The lowest BCUT2D eigenvalue weighted by atomic mass is 9.98. The van der Waals surface area contributed by atoms with Crippen LogP contribution in [0.5, 0.6) is 0 Å². The number of rotatable bonds is 6. The van der Waals surface area contributed by atoms with Crippen molar-refractivity contribution in [2.45, 2.75) is 52.5 Å². The minimum absolute atomic E-state index is 0. The number of piperidine rings is 1. The Balaban J connectivity index is 0.00000400. The fourth-order valence-electron chi connectivity index (χ4n) is 2.76. The molecule has 0 aromatic rings. The average molecular weight is 410 g/mol. The van der Waals surface area contributed by atoms with Gasteiger partial charge in [-0.3, -0.25) is 4.99 Å². The van der Waals surface area contributed by atoms with E-state index >= 15 is 0 Å². The highest BCUT2D eigenvalue weighted by Crippen LogP contribution is 2.13. The summed E-state index contributed by atoms with van der Waals surface area (Å²) in [4.78, 5) is 6.77. The maximum atomic E-state index is 4.34. The van der Waals surface area contributed by atoms with E-state index in [1.807, 2.05) is 7.05 Å². The molecule has 4 nitrogen and oxygen atoms in total. The summed E-state index contributed by atoms with van der Waals surface area (Å²) in [6.07, 6.45) is 5.11. The third-order valence-corrected chi connectivity index (χ3v) is 4.06. The molecule has 0 radical (unpaired) electrons. The van der Waals surface area contributed by atoms with Crippen molar-refractivity contribution >= 4 is 29.9 Å². The fraction of sp³-hybridized carbons (Fsp3) is 0.938. The Hall–Kier alpha value is -0.0400. The standard InChI is InChI=1S/C16H34N4.HI/c1-13(2)8-9-14(3)19-16(17-4)18-11-15-7-6-10-20(5)12-15;/h13-15H,6-12H2,1-5H3,(H2,17,18,19);1H. The minimum Gasteiger partial charge on any atom is -0.356 e. The molecule has 126 valence electrons. The molecule has 2 atom stereocenters. The first-order valence-corrected chi connectivity index (χ1v) is 8.17. The van der Waals surface area contributed by atoms with Crippen LogP contribution in [-0.4, -0.2) is 50.6 Å². The summed E-state index contributed by atoms with van der Waals surface area (Å²) in [5, 5.41) is 6.99. The number of nitrogens with zero attached hydrogens (tertiary/aromatic N) is 2. The van der Waals surface area contributed by atoms with Crippen LogP contribution in [0, 0.1) is 11.8 Å². The van der Waals surface area contributed by atoms with E-state index < -0.39 is 0 Å². The van der Waals surface area contributed by atoms with Crippen LogP contribution in [-0.2, 0) is 0 Å². The molecule has 0 bridgehead atoms. The molecule has 1 aliphatic heterocycles. The molecule has 2 N–H and O–H groups in total. The summed E-state index contributed by atoms with van der Waals surface area (Å²) in [7, 11) is 4.07. The van der Waals surface area contributed by atoms with E-state index in [-0.39, 0.29) is 24.0 Å². The van der Waals surface area contributed by atoms with Gasteiger partial charge in [0.05, 0.1) is 0 Å². The minimum atomic E-state index is 0. The van der Waals surface area contributed by atoms with Gasteiger partial charge in [0.1, 0.15) is 0 Å². The SMILES string of the molecule is CN=C(NCC1CCCN(C)C1)NC(C)CCC(C)C.I. The van der Waals surface area contributed by atoms with Gasteiger partial charge in [0, 0.05) is 26.2 Å². The summed E-state index contributed by atoms with van der Waals surface area (Å²) in [5.41, 5.74) is 0. The Morgan fingerprint density at radius 2 is 2.00 bits per heavy atom. The molecule has 0 saturated carbocycles. The van der Waals surface area contributed by atoms with Crippen LogP contribution in [0.3, 0.4) is 0 Å². The molecule has 0 aromatic heterocycles. The van der Waals surface area contributed by atoms with Gasteiger partial charge in [0.25, 0.3) is 0 Å². The van der Waals surface area contributed by atoms with Crippen molar-refractivity contribution < 1.29 is 0 Å². The Kier molecular flexibility index (Phi) is 11.5. The molecule has 0 amide bonds. The number of likely N-dealkylation sites (tertiary alicyclic amines) is 1. The van der Waals surface area contributed by atoms with Gasteiger partial charge in [0.2, 0.25) is 0 Å². The molecule has 1 aliphatic rings. The lowest BCUT2D eigenvalue weighted by molar-refractivity contribution is 0.210. The van der Waals surface area contributed by atoms with Crippen LogP contribution in [0.4, 0.5) is 0 Å². The number of aliphatic imine (C=N–C) groups is 1. The van der Waals surface area contributed by atoms with Crippen LogP contribution in [0.25, 0.3) is 0 Å². The van der Waals surface area contributed by atoms with Crippen molar-refractivity contribution in [3.05, 3.63) is 0 Å². The molecule has 1 fully saturated rings. The molecule has 1 heterocycles. The Morgan fingerprint density at radius 1 is 1.29 bits per heavy atom. The maximum absolute atomic E-state index is 4.34. The van der Waals surface area contributed by atoms with Gasteiger partial charge in [-0.2, -0.15) is 0 Å². The third kappa shape index (κ3) is 9.55.